The van der Waals surface area contributed by atoms with E-state index in [0.717, 1.165) is 10.2 Å². The molecule has 13 heavy (non-hydrogen) atoms. The van der Waals surface area contributed by atoms with Crippen LogP contribution in [0.1, 0.15) is 18.4 Å². The monoisotopic (exact) mass is 240 g/mol. The number of benzene rings is 1. The molecule has 70 valence electrons. The maximum atomic E-state index is 5.14. The second kappa shape index (κ2) is 4.47. The van der Waals surface area contributed by atoms with E-state index < -0.39 is 0 Å². The lowest BCUT2D eigenvalue weighted by molar-refractivity contribution is 0.412. The van der Waals surface area contributed by atoms with Crippen molar-refractivity contribution in [1.29, 1.82) is 0 Å². The van der Waals surface area contributed by atoms with Crippen molar-refractivity contribution in [1.82, 2.24) is 0 Å². The topological polar surface area (TPSA) is 9.23 Å². The third kappa shape index (κ3) is 2.34. The first-order chi connectivity index (χ1) is 6.19. The summed E-state index contributed by atoms with van der Waals surface area (Å²) in [5.74, 6) is 1.24. The lowest BCUT2D eigenvalue weighted by atomic mass is 10.0. The van der Waals surface area contributed by atoms with Gasteiger partial charge in [-0.25, -0.2) is 0 Å². The van der Waals surface area contributed by atoms with Crippen LogP contribution in [0.2, 0.25) is 0 Å². The zero-order chi connectivity index (χ0) is 9.84. The molecular weight excluding hydrogens is 228 g/mol. The SMILES string of the molecule is C=CC(C)c1ccc(OC)c(Br)c1. The Kier molecular flexibility index (Phi) is 3.55. The maximum absolute atomic E-state index is 5.14. The Labute approximate surface area is 87.5 Å². The van der Waals surface area contributed by atoms with Crippen molar-refractivity contribution in [3.8, 4) is 5.75 Å². The van der Waals surface area contributed by atoms with E-state index in [1.54, 1.807) is 7.11 Å². The molecule has 0 amide bonds. The Morgan fingerprint density at radius 3 is 2.69 bits per heavy atom. The van der Waals surface area contributed by atoms with Gasteiger partial charge in [0.15, 0.2) is 0 Å². The molecule has 1 rings (SSSR count). The van der Waals surface area contributed by atoms with Crippen molar-refractivity contribution in [3.63, 3.8) is 0 Å². The number of allylic oxidation sites excluding steroid dienone is 1. The molecule has 1 aromatic carbocycles. The van der Waals surface area contributed by atoms with Gasteiger partial charge in [-0.3, -0.25) is 0 Å². The number of hydrogen-bond acceptors (Lipinski definition) is 1. The van der Waals surface area contributed by atoms with Crippen LogP contribution in [0, 0.1) is 0 Å². The largest absolute Gasteiger partial charge is 0.496 e. The molecule has 0 aliphatic heterocycles. The van der Waals surface area contributed by atoms with Crippen molar-refractivity contribution in [2.45, 2.75) is 12.8 Å². The van der Waals surface area contributed by atoms with Gasteiger partial charge in [0.1, 0.15) is 5.75 Å². The van der Waals surface area contributed by atoms with Gasteiger partial charge < -0.3 is 4.74 Å². The minimum atomic E-state index is 0.377. The lowest BCUT2D eigenvalue weighted by Gasteiger charge is -2.09. The van der Waals surface area contributed by atoms with Crippen LogP contribution in [-0.2, 0) is 0 Å². The molecule has 0 aliphatic rings. The molecular formula is C11H13BrO. The number of hydrogen-bond donors (Lipinski definition) is 0. The molecule has 0 fully saturated rings. The molecule has 0 spiro atoms. The van der Waals surface area contributed by atoms with Crippen LogP contribution in [0.4, 0.5) is 0 Å². The van der Waals surface area contributed by atoms with Crippen LogP contribution in [0.3, 0.4) is 0 Å². The van der Waals surface area contributed by atoms with Crippen molar-refractivity contribution in [2.24, 2.45) is 0 Å². The molecule has 0 N–H and O–H groups in total. The highest BCUT2D eigenvalue weighted by atomic mass is 79.9. The van der Waals surface area contributed by atoms with E-state index in [4.69, 9.17) is 4.74 Å². The maximum Gasteiger partial charge on any atom is 0.133 e. The second-order valence-electron chi connectivity index (χ2n) is 2.92. The molecule has 0 saturated carbocycles. The Balaban J connectivity index is 3.02. The Hall–Kier alpha value is -0.760. The van der Waals surface area contributed by atoms with E-state index in [2.05, 4.69) is 41.6 Å². The van der Waals surface area contributed by atoms with Gasteiger partial charge in [0.05, 0.1) is 11.6 Å². The van der Waals surface area contributed by atoms with Crippen molar-refractivity contribution in [3.05, 3.63) is 40.9 Å². The number of rotatable bonds is 3. The highest BCUT2D eigenvalue weighted by molar-refractivity contribution is 9.10. The van der Waals surface area contributed by atoms with E-state index in [0.29, 0.717) is 5.92 Å². The molecule has 0 saturated heterocycles. The molecule has 1 atom stereocenters. The third-order valence-electron chi connectivity index (χ3n) is 2.06. The summed E-state index contributed by atoms with van der Waals surface area (Å²) in [5.41, 5.74) is 1.24. The van der Waals surface area contributed by atoms with Gasteiger partial charge in [-0.15, -0.1) is 6.58 Å². The van der Waals surface area contributed by atoms with Crippen molar-refractivity contribution >= 4 is 15.9 Å². The van der Waals surface area contributed by atoms with E-state index in [9.17, 15) is 0 Å². The fourth-order valence-corrected chi connectivity index (χ4v) is 1.66. The summed E-state index contributed by atoms with van der Waals surface area (Å²) in [7, 11) is 1.66. The predicted octanol–water partition coefficient (Wildman–Crippen LogP) is 3.75. The average molecular weight is 241 g/mol. The van der Waals surface area contributed by atoms with Crippen molar-refractivity contribution < 1.29 is 4.74 Å². The molecule has 0 radical (unpaired) electrons. The van der Waals surface area contributed by atoms with Crippen LogP contribution in [0.15, 0.2) is 35.3 Å². The minimum Gasteiger partial charge on any atom is -0.496 e. The first-order valence-corrected chi connectivity index (χ1v) is 4.94. The molecule has 0 aromatic heterocycles. The highest BCUT2D eigenvalue weighted by Gasteiger charge is 2.04. The summed E-state index contributed by atoms with van der Waals surface area (Å²) in [5, 5.41) is 0. The van der Waals surface area contributed by atoms with Crippen LogP contribution >= 0.6 is 15.9 Å². The zero-order valence-corrected chi connectivity index (χ0v) is 9.47. The first kappa shape index (κ1) is 10.3. The molecule has 1 aromatic rings. The first-order valence-electron chi connectivity index (χ1n) is 4.15. The van der Waals surface area contributed by atoms with Gasteiger partial charge in [-0.2, -0.15) is 0 Å². The molecule has 2 heteroatoms. The van der Waals surface area contributed by atoms with Crippen LogP contribution < -0.4 is 4.74 Å². The average Bonchev–Trinajstić information content (AvgIpc) is 2.16. The molecule has 0 aliphatic carbocycles. The van der Waals surface area contributed by atoms with Gasteiger partial charge >= 0.3 is 0 Å². The normalized spacial score (nSPS) is 12.2. The second-order valence-corrected chi connectivity index (χ2v) is 3.77. The quantitative estimate of drug-likeness (QED) is 0.732. The Bertz CT molecular complexity index is 307. The van der Waals surface area contributed by atoms with E-state index in [-0.39, 0.29) is 0 Å². The number of halogens is 1. The van der Waals surface area contributed by atoms with Gasteiger partial charge in [0.2, 0.25) is 0 Å². The van der Waals surface area contributed by atoms with E-state index in [1.165, 1.54) is 5.56 Å². The minimum absolute atomic E-state index is 0.377. The lowest BCUT2D eigenvalue weighted by Crippen LogP contribution is -1.90. The van der Waals surface area contributed by atoms with Gasteiger partial charge in [0, 0.05) is 0 Å². The standard InChI is InChI=1S/C11H13BrO/c1-4-8(2)9-5-6-11(13-3)10(12)7-9/h4-8H,1H2,2-3H3. The predicted molar refractivity (Wildman–Crippen MR) is 59.3 cm³/mol. The molecule has 0 bridgehead atoms. The zero-order valence-electron chi connectivity index (χ0n) is 7.88. The summed E-state index contributed by atoms with van der Waals surface area (Å²) in [6.45, 7) is 5.88. The summed E-state index contributed by atoms with van der Waals surface area (Å²) < 4.78 is 6.13. The summed E-state index contributed by atoms with van der Waals surface area (Å²) in [4.78, 5) is 0. The van der Waals surface area contributed by atoms with Crippen LogP contribution in [0.5, 0.6) is 5.75 Å². The molecule has 0 heterocycles. The Morgan fingerprint density at radius 2 is 2.23 bits per heavy atom. The molecule has 1 nitrogen and oxygen atoms in total. The Morgan fingerprint density at radius 1 is 1.54 bits per heavy atom. The fourth-order valence-electron chi connectivity index (χ4n) is 1.10. The summed E-state index contributed by atoms with van der Waals surface area (Å²) in [6.07, 6.45) is 1.92. The van der Waals surface area contributed by atoms with Gasteiger partial charge in [-0.05, 0) is 39.5 Å². The molecule has 1 unspecified atom stereocenters. The number of methoxy groups -OCH3 is 1. The summed E-state index contributed by atoms with van der Waals surface area (Å²) in [6, 6.07) is 6.07. The summed E-state index contributed by atoms with van der Waals surface area (Å²) >= 11 is 3.45. The smallest absolute Gasteiger partial charge is 0.133 e. The van der Waals surface area contributed by atoms with Gasteiger partial charge in [0.25, 0.3) is 0 Å². The van der Waals surface area contributed by atoms with Crippen LogP contribution in [0.25, 0.3) is 0 Å². The third-order valence-corrected chi connectivity index (χ3v) is 2.67. The van der Waals surface area contributed by atoms with Crippen LogP contribution in [-0.4, -0.2) is 7.11 Å². The van der Waals surface area contributed by atoms with Gasteiger partial charge in [-0.1, -0.05) is 19.1 Å². The fraction of sp³-hybridized carbons (Fsp3) is 0.273. The van der Waals surface area contributed by atoms with Crippen molar-refractivity contribution in [2.75, 3.05) is 7.11 Å². The van der Waals surface area contributed by atoms with E-state index in [1.807, 2.05) is 12.1 Å². The van der Waals surface area contributed by atoms with E-state index >= 15 is 0 Å². The highest BCUT2D eigenvalue weighted by Crippen LogP contribution is 2.28. The number of ether oxygens (including phenoxy) is 1.